The van der Waals surface area contributed by atoms with Crippen LogP contribution in [-0.2, 0) is 19.4 Å². The van der Waals surface area contributed by atoms with Crippen molar-refractivity contribution in [1.82, 2.24) is 34.3 Å². The van der Waals surface area contributed by atoms with Crippen LogP contribution in [0.1, 0.15) is 141 Å². The van der Waals surface area contributed by atoms with Gasteiger partial charge in [-0.1, -0.05) is 76.6 Å². The van der Waals surface area contributed by atoms with Gasteiger partial charge in [-0.25, -0.2) is 9.48 Å². The Labute approximate surface area is 372 Å². The fourth-order valence-corrected chi connectivity index (χ4v) is 12.2. The van der Waals surface area contributed by atoms with Gasteiger partial charge >= 0.3 is 5.97 Å². The predicted octanol–water partition coefficient (Wildman–Crippen LogP) is 9.09. The Balaban J connectivity index is 0.878. The first-order valence-electron chi connectivity index (χ1n) is 22.8. The summed E-state index contributed by atoms with van der Waals surface area (Å²) in [5.41, 5.74) is 4.14. The highest BCUT2D eigenvalue weighted by molar-refractivity contribution is 6.74. The summed E-state index contributed by atoms with van der Waals surface area (Å²) in [6.07, 6.45) is 8.42. The number of aliphatic carboxylic acids is 1. The van der Waals surface area contributed by atoms with E-state index in [1.165, 1.54) is 16.0 Å². The number of carboxylic acids is 1. The number of hydrogen-bond donors (Lipinski definition) is 1. The summed E-state index contributed by atoms with van der Waals surface area (Å²) in [5.74, 6) is 0.887. The van der Waals surface area contributed by atoms with Crippen molar-refractivity contribution in [2.75, 3.05) is 26.2 Å². The smallest absolute Gasteiger partial charge is 0.326 e. The fourth-order valence-electron chi connectivity index (χ4n) is 10.6. The third-order valence-corrected chi connectivity index (χ3v) is 20.0. The van der Waals surface area contributed by atoms with Crippen LogP contribution in [0.15, 0.2) is 47.4 Å². The molecule has 2 saturated heterocycles. The molecule has 62 heavy (non-hydrogen) atoms. The molecule has 2 aromatic carbocycles. The van der Waals surface area contributed by atoms with E-state index in [1.54, 1.807) is 10.7 Å². The van der Waals surface area contributed by atoms with E-state index in [1.807, 2.05) is 39.1 Å². The number of carboxylic acid groups (broad SMARTS) is 1. The lowest BCUT2D eigenvalue weighted by Crippen LogP contribution is -2.48. The van der Waals surface area contributed by atoms with Crippen LogP contribution in [-0.4, -0.2) is 98.0 Å². The molecule has 3 atom stereocenters. The maximum atomic E-state index is 14.4. The quantitative estimate of drug-likeness (QED) is 0.163. The zero-order valence-corrected chi connectivity index (χ0v) is 40.1. The number of carbonyl (C=O) groups excluding carboxylic acids is 1. The van der Waals surface area contributed by atoms with Crippen molar-refractivity contribution in [2.45, 2.75) is 154 Å². The number of halogens is 1. The molecule has 1 saturated carbocycles. The van der Waals surface area contributed by atoms with Crippen LogP contribution < -0.4 is 5.56 Å². The summed E-state index contributed by atoms with van der Waals surface area (Å²) in [4.78, 5) is 48.8. The number of likely N-dealkylation sites (tertiary alicyclic amines) is 2. The largest absolute Gasteiger partial charge is 0.480 e. The molecule has 1 N–H and O–H groups in total. The SMILES string of the molecule is CC1(C)c2ccc(C3CCN(CC4CCC(c5cn([C@H](C(=O)N6C[C@H](O[Si](C)(C)C(C)(C)C)C[C@H]6C(=O)O)C(C)(C)C)nn5)CC4)CC3)cc2-n2c1nc(=O)c1c(Cl)cccc12. The van der Waals surface area contributed by atoms with Crippen LogP contribution in [0.5, 0.6) is 0 Å². The number of hydrogen-bond acceptors (Lipinski definition) is 8. The fraction of sp³-hybridized carbons (Fsp3) is 0.625. The number of carbonyl (C=O) groups is 2. The van der Waals surface area contributed by atoms with Gasteiger partial charge in [0, 0.05) is 31.6 Å². The Bertz CT molecular complexity index is 2420. The summed E-state index contributed by atoms with van der Waals surface area (Å²) < 4.78 is 10.5. The summed E-state index contributed by atoms with van der Waals surface area (Å²) in [5, 5.41) is 20.3. The Hall–Kier alpha value is -3.91. The van der Waals surface area contributed by atoms with Crippen molar-refractivity contribution >= 4 is 42.7 Å². The van der Waals surface area contributed by atoms with Crippen molar-refractivity contribution in [3.05, 3.63) is 80.6 Å². The molecule has 5 heterocycles. The first-order valence-corrected chi connectivity index (χ1v) is 26.1. The second kappa shape index (κ2) is 16.3. The Morgan fingerprint density at radius 3 is 2.32 bits per heavy atom. The van der Waals surface area contributed by atoms with Gasteiger partial charge in [0.15, 0.2) is 8.32 Å². The van der Waals surface area contributed by atoms with E-state index in [4.69, 9.17) is 16.0 Å². The Morgan fingerprint density at radius 2 is 1.68 bits per heavy atom. The average molecular weight is 885 g/mol. The maximum absolute atomic E-state index is 14.4. The van der Waals surface area contributed by atoms with Gasteiger partial charge < -0.3 is 19.3 Å². The normalized spacial score (nSPS) is 24.0. The zero-order chi connectivity index (χ0) is 44.7. The molecular formula is C48H66ClN7O5Si. The molecule has 4 aromatic rings. The number of amides is 1. The average Bonchev–Trinajstić information content (AvgIpc) is 3.90. The highest BCUT2D eigenvalue weighted by Gasteiger charge is 2.49. The first-order chi connectivity index (χ1) is 29.0. The van der Waals surface area contributed by atoms with Crippen LogP contribution in [0.25, 0.3) is 16.6 Å². The number of fused-ring (bicyclic) bond motifs is 5. The molecule has 0 radical (unpaired) electrons. The van der Waals surface area contributed by atoms with E-state index in [0.29, 0.717) is 22.2 Å². The molecule has 2 aromatic heterocycles. The van der Waals surface area contributed by atoms with E-state index >= 15 is 0 Å². The number of benzene rings is 2. The van der Waals surface area contributed by atoms with Crippen LogP contribution >= 0.6 is 11.6 Å². The van der Waals surface area contributed by atoms with Gasteiger partial charge in [-0.15, -0.1) is 5.10 Å². The van der Waals surface area contributed by atoms with Crippen LogP contribution in [0.2, 0.25) is 23.2 Å². The minimum absolute atomic E-state index is 0.0289. The molecule has 0 spiro atoms. The molecule has 1 aliphatic carbocycles. The van der Waals surface area contributed by atoms with Gasteiger partial charge in [0.05, 0.1) is 38.8 Å². The van der Waals surface area contributed by atoms with Gasteiger partial charge in [0.1, 0.15) is 17.9 Å². The third-order valence-electron chi connectivity index (χ3n) is 15.1. The lowest BCUT2D eigenvalue weighted by atomic mass is 9.80. The standard InChI is InChI=1S/C48H66ClN7O5Si/c1-46(2,3)41(43(58)54-27-33(25-39(54)44(59)60)61-62(9,10)47(4,5)6)55-28-36(51-52-55)31-16-14-29(15-17-31)26-53-22-20-30(21-23-53)32-18-19-34-38(24-32)56-37-13-11-12-35(49)40(37)42(57)50-45(56)48(34,7)8/h11-13,18-19,24,28-31,33,39,41H,14-17,20-23,25-27H2,1-10H3,(H,59,60)/t29?,31?,33-,39+,41-/m1/s1. The molecule has 3 fully saturated rings. The minimum Gasteiger partial charge on any atom is -0.480 e. The monoisotopic (exact) mass is 883 g/mol. The molecule has 8 rings (SSSR count). The molecule has 3 aliphatic heterocycles. The molecule has 334 valence electrons. The summed E-state index contributed by atoms with van der Waals surface area (Å²) in [6, 6.07) is 10.9. The maximum Gasteiger partial charge on any atom is 0.326 e. The molecule has 4 aliphatic rings. The minimum atomic E-state index is -2.17. The highest BCUT2D eigenvalue weighted by atomic mass is 35.5. The molecule has 0 bridgehead atoms. The van der Waals surface area contributed by atoms with E-state index in [2.05, 4.69) is 90.7 Å². The molecule has 14 heteroatoms. The second-order valence-corrected chi connectivity index (χ2v) is 27.0. The number of piperidine rings is 1. The van der Waals surface area contributed by atoms with Crippen molar-refractivity contribution in [1.29, 1.82) is 0 Å². The van der Waals surface area contributed by atoms with Crippen molar-refractivity contribution < 1.29 is 19.1 Å². The van der Waals surface area contributed by atoms with Crippen LogP contribution in [0.4, 0.5) is 0 Å². The van der Waals surface area contributed by atoms with Gasteiger partial charge in [-0.2, -0.15) is 4.98 Å². The van der Waals surface area contributed by atoms with Crippen LogP contribution in [0.3, 0.4) is 0 Å². The zero-order valence-electron chi connectivity index (χ0n) is 38.4. The lowest BCUT2D eigenvalue weighted by Gasteiger charge is -2.38. The Kier molecular flexibility index (Phi) is 11.7. The van der Waals surface area contributed by atoms with Gasteiger partial charge in [0.2, 0.25) is 5.91 Å². The summed E-state index contributed by atoms with van der Waals surface area (Å²) in [7, 11) is -2.17. The molecule has 0 unspecified atom stereocenters. The third kappa shape index (κ3) is 8.20. The van der Waals surface area contributed by atoms with Crippen molar-refractivity contribution in [3.63, 3.8) is 0 Å². The second-order valence-electron chi connectivity index (χ2n) is 21.9. The predicted molar refractivity (Wildman–Crippen MR) is 246 cm³/mol. The number of aromatic nitrogens is 5. The van der Waals surface area contributed by atoms with Gasteiger partial charge in [-0.3, -0.25) is 14.2 Å². The summed E-state index contributed by atoms with van der Waals surface area (Å²) >= 11 is 6.53. The van der Waals surface area contributed by atoms with Crippen molar-refractivity contribution in [3.8, 4) is 5.69 Å². The van der Waals surface area contributed by atoms with E-state index < -0.39 is 37.2 Å². The van der Waals surface area contributed by atoms with E-state index in [-0.39, 0.29) is 41.5 Å². The first kappa shape index (κ1) is 44.7. The number of nitrogens with zero attached hydrogens (tertiary/aromatic N) is 7. The highest BCUT2D eigenvalue weighted by Crippen LogP contribution is 2.46. The Morgan fingerprint density at radius 1 is 0.984 bits per heavy atom. The van der Waals surface area contributed by atoms with Gasteiger partial charge in [0.25, 0.3) is 5.56 Å². The topological polar surface area (TPSA) is 136 Å². The van der Waals surface area contributed by atoms with Crippen molar-refractivity contribution in [2.24, 2.45) is 11.3 Å². The number of rotatable bonds is 9. The molecule has 1 amide bonds. The lowest BCUT2D eigenvalue weighted by molar-refractivity contribution is -0.151. The molecule has 12 nitrogen and oxygen atoms in total. The molecular weight excluding hydrogens is 818 g/mol. The summed E-state index contributed by atoms with van der Waals surface area (Å²) in [6.45, 7) is 24.6. The van der Waals surface area contributed by atoms with Crippen LogP contribution in [0, 0.1) is 11.3 Å². The van der Waals surface area contributed by atoms with E-state index in [0.717, 1.165) is 80.9 Å². The van der Waals surface area contributed by atoms with E-state index in [9.17, 15) is 19.5 Å². The van der Waals surface area contributed by atoms with Gasteiger partial charge in [-0.05, 0) is 130 Å².